The van der Waals surface area contributed by atoms with Gasteiger partial charge in [-0.2, -0.15) is 0 Å². The van der Waals surface area contributed by atoms with Crippen LogP contribution in [0.25, 0.3) is 0 Å². The van der Waals surface area contributed by atoms with E-state index in [1.807, 2.05) is 0 Å². The fourth-order valence-electron chi connectivity index (χ4n) is 1.72. The van der Waals surface area contributed by atoms with Crippen LogP contribution in [0.4, 0.5) is 4.39 Å². The van der Waals surface area contributed by atoms with E-state index in [1.165, 1.54) is 27.5 Å². The van der Waals surface area contributed by atoms with Gasteiger partial charge >= 0.3 is 0 Å². The molecule has 96 valence electrons. The van der Waals surface area contributed by atoms with E-state index in [0.29, 0.717) is 11.6 Å². The van der Waals surface area contributed by atoms with E-state index in [2.05, 4.69) is 25.2 Å². The van der Waals surface area contributed by atoms with Gasteiger partial charge in [-0.25, -0.2) is 4.39 Å². The van der Waals surface area contributed by atoms with Gasteiger partial charge in [0.1, 0.15) is 5.82 Å². The van der Waals surface area contributed by atoms with Crippen molar-refractivity contribution in [3.63, 3.8) is 0 Å². The van der Waals surface area contributed by atoms with Gasteiger partial charge in [0, 0.05) is 27.9 Å². The highest BCUT2D eigenvalue weighted by molar-refractivity contribution is 7.12. The third-order valence-corrected chi connectivity index (χ3v) is 4.35. The Bertz CT molecular complexity index is 531. The number of aryl methyl sites for hydroxylation is 2. The molecule has 0 atom stereocenters. The van der Waals surface area contributed by atoms with Crippen molar-refractivity contribution in [3.05, 3.63) is 56.0 Å². The molecule has 1 nitrogen and oxygen atoms in total. The molecule has 0 aliphatic heterocycles. The number of hydrogen-bond donors (Lipinski definition) is 1. The van der Waals surface area contributed by atoms with Crippen LogP contribution in [0.2, 0.25) is 5.02 Å². The molecule has 0 amide bonds. The van der Waals surface area contributed by atoms with E-state index in [-0.39, 0.29) is 5.82 Å². The Morgan fingerprint density at radius 3 is 2.61 bits per heavy atom. The maximum atomic E-state index is 12.9. The minimum atomic E-state index is -0.298. The maximum absolute atomic E-state index is 12.9. The van der Waals surface area contributed by atoms with Crippen LogP contribution in [0.15, 0.2) is 24.3 Å². The van der Waals surface area contributed by atoms with Gasteiger partial charge in [-0.1, -0.05) is 17.7 Å². The average Bonchev–Trinajstić information content (AvgIpc) is 2.61. The van der Waals surface area contributed by atoms with Crippen molar-refractivity contribution < 1.29 is 4.39 Å². The number of benzene rings is 1. The van der Waals surface area contributed by atoms with Crippen molar-refractivity contribution in [3.8, 4) is 0 Å². The van der Waals surface area contributed by atoms with Gasteiger partial charge in [0.25, 0.3) is 0 Å². The Kier molecular flexibility index (Phi) is 4.38. The highest BCUT2D eigenvalue weighted by atomic mass is 35.5. The summed E-state index contributed by atoms with van der Waals surface area (Å²) >= 11 is 7.76. The third-order valence-electron chi connectivity index (χ3n) is 2.85. The summed E-state index contributed by atoms with van der Waals surface area (Å²) in [4.78, 5) is 2.66. The molecular weight excluding hydrogens is 269 g/mol. The Labute approximate surface area is 116 Å². The van der Waals surface area contributed by atoms with Crippen molar-refractivity contribution in [2.24, 2.45) is 0 Å². The average molecular weight is 284 g/mol. The summed E-state index contributed by atoms with van der Waals surface area (Å²) < 4.78 is 12.9. The second-order valence-corrected chi connectivity index (χ2v) is 6.04. The predicted molar refractivity (Wildman–Crippen MR) is 75.7 cm³/mol. The molecule has 1 aromatic carbocycles. The molecule has 0 saturated heterocycles. The van der Waals surface area contributed by atoms with Crippen LogP contribution in [-0.4, -0.2) is 0 Å². The first-order valence-electron chi connectivity index (χ1n) is 5.77. The number of nitrogens with one attached hydrogen (secondary N) is 1. The zero-order valence-electron chi connectivity index (χ0n) is 10.4. The summed E-state index contributed by atoms with van der Waals surface area (Å²) in [7, 11) is 0. The smallest absolute Gasteiger partial charge is 0.124 e. The van der Waals surface area contributed by atoms with Crippen molar-refractivity contribution in [2.75, 3.05) is 0 Å². The molecule has 1 N–H and O–H groups in total. The molecule has 2 aromatic rings. The Morgan fingerprint density at radius 2 is 2.00 bits per heavy atom. The first kappa shape index (κ1) is 13.5. The second-order valence-electron chi connectivity index (χ2n) is 4.29. The van der Waals surface area contributed by atoms with Gasteiger partial charge in [0.2, 0.25) is 0 Å². The number of hydrogen-bond acceptors (Lipinski definition) is 2. The normalized spacial score (nSPS) is 10.9. The lowest BCUT2D eigenvalue weighted by atomic mass is 10.2. The van der Waals surface area contributed by atoms with Crippen LogP contribution in [0, 0.1) is 19.7 Å². The molecule has 0 radical (unpaired) electrons. The molecule has 0 spiro atoms. The summed E-state index contributed by atoms with van der Waals surface area (Å²) in [6.45, 7) is 5.70. The number of rotatable bonds is 4. The zero-order valence-corrected chi connectivity index (χ0v) is 12.0. The van der Waals surface area contributed by atoms with Crippen molar-refractivity contribution in [1.82, 2.24) is 5.32 Å². The summed E-state index contributed by atoms with van der Waals surface area (Å²) in [5.74, 6) is -0.298. The van der Waals surface area contributed by atoms with Gasteiger partial charge in [-0.15, -0.1) is 11.3 Å². The molecule has 0 aliphatic carbocycles. The molecule has 0 bridgehead atoms. The second kappa shape index (κ2) is 5.83. The number of thiophene rings is 1. The first-order chi connectivity index (χ1) is 8.56. The molecule has 0 saturated carbocycles. The van der Waals surface area contributed by atoms with E-state index in [1.54, 1.807) is 17.4 Å². The van der Waals surface area contributed by atoms with E-state index in [4.69, 9.17) is 11.6 Å². The molecule has 0 unspecified atom stereocenters. The third kappa shape index (κ3) is 3.31. The van der Waals surface area contributed by atoms with Crippen LogP contribution in [0.1, 0.15) is 20.9 Å². The molecule has 0 aliphatic rings. The van der Waals surface area contributed by atoms with Gasteiger partial charge in [-0.05, 0) is 43.2 Å². The first-order valence-corrected chi connectivity index (χ1v) is 6.96. The lowest BCUT2D eigenvalue weighted by Gasteiger charge is -2.05. The van der Waals surface area contributed by atoms with Gasteiger partial charge < -0.3 is 5.32 Å². The molecule has 1 heterocycles. The van der Waals surface area contributed by atoms with E-state index >= 15 is 0 Å². The van der Waals surface area contributed by atoms with Crippen LogP contribution in [0.3, 0.4) is 0 Å². The minimum absolute atomic E-state index is 0.298. The lowest BCUT2D eigenvalue weighted by molar-refractivity contribution is 0.625. The van der Waals surface area contributed by atoms with Gasteiger partial charge in [0.05, 0.1) is 0 Å². The van der Waals surface area contributed by atoms with E-state index < -0.39 is 0 Å². The topological polar surface area (TPSA) is 12.0 Å². The van der Waals surface area contributed by atoms with Crippen LogP contribution >= 0.6 is 22.9 Å². The molecule has 2 rings (SSSR count). The lowest BCUT2D eigenvalue weighted by Crippen LogP contribution is -2.12. The van der Waals surface area contributed by atoms with Gasteiger partial charge in [0.15, 0.2) is 0 Å². The summed E-state index contributed by atoms with van der Waals surface area (Å²) in [6.07, 6.45) is 0. The molecular formula is C14H15ClFNS. The maximum Gasteiger partial charge on any atom is 0.124 e. The van der Waals surface area contributed by atoms with E-state index in [0.717, 1.165) is 12.1 Å². The number of halogens is 2. The molecule has 0 fully saturated rings. The summed E-state index contributed by atoms with van der Waals surface area (Å²) in [5, 5.41) is 3.80. The summed E-state index contributed by atoms with van der Waals surface area (Å²) in [5.41, 5.74) is 2.25. The molecule has 4 heteroatoms. The van der Waals surface area contributed by atoms with E-state index in [9.17, 15) is 4.39 Å². The Hall–Kier alpha value is -0.900. The molecule has 18 heavy (non-hydrogen) atoms. The Morgan fingerprint density at radius 1 is 1.22 bits per heavy atom. The fourth-order valence-corrected chi connectivity index (χ4v) is 2.98. The predicted octanol–water partition coefficient (Wildman–Crippen LogP) is 4.45. The van der Waals surface area contributed by atoms with Crippen molar-refractivity contribution in [1.29, 1.82) is 0 Å². The Balaban J connectivity index is 1.92. The quantitative estimate of drug-likeness (QED) is 0.874. The van der Waals surface area contributed by atoms with Crippen LogP contribution < -0.4 is 5.32 Å². The van der Waals surface area contributed by atoms with Crippen molar-refractivity contribution >= 4 is 22.9 Å². The van der Waals surface area contributed by atoms with Crippen LogP contribution in [0.5, 0.6) is 0 Å². The largest absolute Gasteiger partial charge is 0.308 e. The highest BCUT2D eigenvalue weighted by Crippen LogP contribution is 2.21. The molecule has 1 aromatic heterocycles. The monoisotopic (exact) mass is 283 g/mol. The van der Waals surface area contributed by atoms with Gasteiger partial charge in [-0.3, -0.25) is 0 Å². The fraction of sp³-hybridized carbons (Fsp3) is 0.286. The standard InChI is InChI=1S/C14H15ClFNS/c1-9-5-13(18-10(9)2)8-17-7-11-3-4-12(16)6-14(11)15/h3-6,17H,7-8H2,1-2H3. The summed E-state index contributed by atoms with van der Waals surface area (Å²) in [6, 6.07) is 6.69. The van der Waals surface area contributed by atoms with Crippen LogP contribution in [-0.2, 0) is 13.1 Å². The SMILES string of the molecule is Cc1cc(CNCc2ccc(F)cc2Cl)sc1C. The zero-order chi connectivity index (χ0) is 13.1. The minimum Gasteiger partial charge on any atom is -0.308 e. The highest BCUT2D eigenvalue weighted by Gasteiger charge is 2.03. The van der Waals surface area contributed by atoms with Crippen molar-refractivity contribution in [2.45, 2.75) is 26.9 Å².